The molecule has 0 spiro atoms. The van der Waals surface area contributed by atoms with Crippen LogP contribution in [0.2, 0.25) is 0 Å². The SMILES string of the molecule is N#CCCNCc1c[nH]c2ccccc12. The maximum Gasteiger partial charge on any atom is 0.0635 e. The van der Waals surface area contributed by atoms with Crippen LogP contribution in [0.3, 0.4) is 0 Å². The van der Waals surface area contributed by atoms with E-state index in [-0.39, 0.29) is 0 Å². The summed E-state index contributed by atoms with van der Waals surface area (Å²) in [4.78, 5) is 3.22. The number of nitrogens with zero attached hydrogens (tertiary/aromatic N) is 1. The topological polar surface area (TPSA) is 51.6 Å². The van der Waals surface area contributed by atoms with Gasteiger partial charge < -0.3 is 10.3 Å². The second-order valence-corrected chi connectivity index (χ2v) is 3.44. The van der Waals surface area contributed by atoms with E-state index in [4.69, 9.17) is 5.26 Å². The van der Waals surface area contributed by atoms with E-state index in [2.05, 4.69) is 28.5 Å². The van der Waals surface area contributed by atoms with E-state index in [9.17, 15) is 0 Å². The minimum absolute atomic E-state index is 0.558. The predicted molar refractivity (Wildman–Crippen MR) is 60.2 cm³/mol. The maximum atomic E-state index is 8.40. The average molecular weight is 199 g/mol. The number of H-pyrrole nitrogens is 1. The van der Waals surface area contributed by atoms with Gasteiger partial charge >= 0.3 is 0 Å². The summed E-state index contributed by atoms with van der Waals surface area (Å²) in [7, 11) is 0. The number of para-hydroxylation sites is 1. The van der Waals surface area contributed by atoms with Crippen molar-refractivity contribution in [2.24, 2.45) is 0 Å². The molecule has 1 heterocycles. The number of hydrogen-bond donors (Lipinski definition) is 2. The first-order chi connectivity index (χ1) is 7.42. The Balaban J connectivity index is 2.05. The van der Waals surface area contributed by atoms with Crippen LogP contribution in [-0.4, -0.2) is 11.5 Å². The molecule has 0 aliphatic carbocycles. The van der Waals surface area contributed by atoms with Crippen LogP contribution in [0.1, 0.15) is 12.0 Å². The fourth-order valence-corrected chi connectivity index (χ4v) is 1.65. The largest absolute Gasteiger partial charge is 0.361 e. The fourth-order valence-electron chi connectivity index (χ4n) is 1.65. The average Bonchev–Trinajstić information content (AvgIpc) is 2.68. The van der Waals surface area contributed by atoms with Crippen LogP contribution >= 0.6 is 0 Å². The van der Waals surface area contributed by atoms with E-state index in [0.717, 1.165) is 18.6 Å². The highest BCUT2D eigenvalue weighted by atomic mass is 14.9. The van der Waals surface area contributed by atoms with E-state index in [1.165, 1.54) is 10.9 Å². The molecule has 0 saturated carbocycles. The summed E-state index contributed by atoms with van der Waals surface area (Å²) in [6.45, 7) is 1.56. The van der Waals surface area contributed by atoms with Crippen molar-refractivity contribution in [2.75, 3.05) is 6.54 Å². The molecule has 15 heavy (non-hydrogen) atoms. The first-order valence-corrected chi connectivity index (χ1v) is 5.04. The number of benzene rings is 1. The Kier molecular flexibility index (Phi) is 3.01. The monoisotopic (exact) mass is 199 g/mol. The Morgan fingerprint density at radius 3 is 3.07 bits per heavy atom. The van der Waals surface area contributed by atoms with Crippen LogP contribution < -0.4 is 5.32 Å². The molecule has 0 amide bonds. The summed E-state index contributed by atoms with van der Waals surface area (Å²) in [5.74, 6) is 0. The van der Waals surface area contributed by atoms with Crippen molar-refractivity contribution in [3.63, 3.8) is 0 Å². The van der Waals surface area contributed by atoms with Crippen molar-refractivity contribution in [2.45, 2.75) is 13.0 Å². The molecule has 3 heteroatoms. The Labute approximate surface area is 88.7 Å². The van der Waals surface area contributed by atoms with Gasteiger partial charge in [0.2, 0.25) is 0 Å². The lowest BCUT2D eigenvalue weighted by Crippen LogP contribution is -2.13. The summed E-state index contributed by atoms with van der Waals surface area (Å²) in [6.07, 6.45) is 2.58. The Hall–Kier alpha value is -1.79. The lowest BCUT2D eigenvalue weighted by Gasteiger charge is -2.00. The maximum absolute atomic E-state index is 8.40. The third-order valence-corrected chi connectivity index (χ3v) is 2.40. The lowest BCUT2D eigenvalue weighted by atomic mass is 10.2. The summed E-state index contributed by atoms with van der Waals surface area (Å²) in [5.41, 5.74) is 2.41. The quantitative estimate of drug-likeness (QED) is 0.741. The highest BCUT2D eigenvalue weighted by Crippen LogP contribution is 2.16. The van der Waals surface area contributed by atoms with Crippen molar-refractivity contribution < 1.29 is 0 Å². The first kappa shape index (κ1) is 9.75. The number of hydrogen-bond acceptors (Lipinski definition) is 2. The van der Waals surface area contributed by atoms with E-state index < -0.39 is 0 Å². The summed E-state index contributed by atoms with van der Waals surface area (Å²) < 4.78 is 0. The molecule has 2 aromatic rings. The molecule has 3 nitrogen and oxygen atoms in total. The second-order valence-electron chi connectivity index (χ2n) is 3.44. The number of nitriles is 1. The molecule has 0 atom stereocenters. The van der Waals surface area contributed by atoms with Crippen molar-refractivity contribution >= 4 is 10.9 Å². The molecule has 76 valence electrons. The van der Waals surface area contributed by atoms with E-state index in [1.54, 1.807) is 0 Å². The minimum atomic E-state index is 0.558. The van der Waals surface area contributed by atoms with Gasteiger partial charge in [0.15, 0.2) is 0 Å². The van der Waals surface area contributed by atoms with Gasteiger partial charge in [0.05, 0.1) is 6.07 Å². The van der Waals surface area contributed by atoms with Crippen LogP contribution in [0.15, 0.2) is 30.5 Å². The number of fused-ring (bicyclic) bond motifs is 1. The van der Waals surface area contributed by atoms with Gasteiger partial charge in [-0.2, -0.15) is 5.26 Å². The molecule has 1 aromatic heterocycles. The van der Waals surface area contributed by atoms with Crippen LogP contribution in [0.25, 0.3) is 10.9 Å². The molecule has 0 radical (unpaired) electrons. The molecule has 0 saturated heterocycles. The normalized spacial score (nSPS) is 10.3. The highest BCUT2D eigenvalue weighted by Gasteiger charge is 2.01. The number of aromatic amines is 1. The molecule has 0 bridgehead atoms. The smallest absolute Gasteiger partial charge is 0.0635 e. The molecular formula is C12H13N3. The fraction of sp³-hybridized carbons (Fsp3) is 0.250. The molecule has 2 rings (SSSR count). The predicted octanol–water partition coefficient (Wildman–Crippen LogP) is 2.17. The van der Waals surface area contributed by atoms with E-state index >= 15 is 0 Å². The summed E-state index contributed by atoms with van der Waals surface area (Å²) in [6, 6.07) is 10.3. The summed E-state index contributed by atoms with van der Waals surface area (Å²) >= 11 is 0. The standard InChI is InChI=1S/C12H13N3/c13-6-3-7-14-8-10-9-15-12-5-2-1-4-11(10)12/h1-2,4-5,9,14-15H,3,7-8H2. The van der Waals surface area contributed by atoms with Gasteiger partial charge in [-0.25, -0.2) is 0 Å². The Bertz CT molecular complexity index is 479. The number of nitrogens with one attached hydrogen (secondary N) is 2. The van der Waals surface area contributed by atoms with Gasteiger partial charge in [0, 0.05) is 36.6 Å². The van der Waals surface area contributed by atoms with Crippen molar-refractivity contribution in [1.82, 2.24) is 10.3 Å². The van der Waals surface area contributed by atoms with E-state index in [1.807, 2.05) is 18.3 Å². The highest BCUT2D eigenvalue weighted by molar-refractivity contribution is 5.82. The van der Waals surface area contributed by atoms with Gasteiger partial charge in [0.1, 0.15) is 0 Å². The third kappa shape index (κ3) is 2.17. The zero-order valence-corrected chi connectivity index (χ0v) is 8.46. The van der Waals surface area contributed by atoms with Crippen LogP contribution in [0.5, 0.6) is 0 Å². The van der Waals surface area contributed by atoms with Gasteiger partial charge in [-0.15, -0.1) is 0 Å². The van der Waals surface area contributed by atoms with E-state index in [0.29, 0.717) is 6.42 Å². The van der Waals surface area contributed by atoms with Gasteiger partial charge in [-0.05, 0) is 11.6 Å². The van der Waals surface area contributed by atoms with Crippen molar-refractivity contribution in [3.8, 4) is 6.07 Å². The first-order valence-electron chi connectivity index (χ1n) is 5.04. The molecule has 0 aliphatic rings. The van der Waals surface area contributed by atoms with Gasteiger partial charge in [-0.1, -0.05) is 18.2 Å². The van der Waals surface area contributed by atoms with Crippen molar-refractivity contribution in [3.05, 3.63) is 36.0 Å². The number of aromatic nitrogens is 1. The molecule has 2 N–H and O–H groups in total. The minimum Gasteiger partial charge on any atom is -0.361 e. The molecular weight excluding hydrogens is 186 g/mol. The molecule has 1 aromatic carbocycles. The van der Waals surface area contributed by atoms with Crippen LogP contribution in [0, 0.1) is 11.3 Å². The Morgan fingerprint density at radius 2 is 2.20 bits per heavy atom. The summed E-state index contributed by atoms with van der Waals surface area (Å²) in [5, 5.41) is 12.9. The zero-order chi connectivity index (χ0) is 10.5. The molecule has 0 aliphatic heterocycles. The van der Waals surface area contributed by atoms with Crippen LogP contribution in [-0.2, 0) is 6.54 Å². The van der Waals surface area contributed by atoms with Crippen LogP contribution in [0.4, 0.5) is 0 Å². The lowest BCUT2D eigenvalue weighted by molar-refractivity contribution is 0.702. The van der Waals surface area contributed by atoms with Gasteiger partial charge in [0.25, 0.3) is 0 Å². The zero-order valence-electron chi connectivity index (χ0n) is 8.46. The second kappa shape index (κ2) is 4.63. The van der Waals surface area contributed by atoms with Crippen molar-refractivity contribution in [1.29, 1.82) is 5.26 Å². The third-order valence-electron chi connectivity index (χ3n) is 2.40. The molecule has 0 unspecified atom stereocenters. The van der Waals surface area contributed by atoms with Gasteiger partial charge in [-0.3, -0.25) is 0 Å². The number of rotatable bonds is 4. The Morgan fingerprint density at radius 1 is 1.33 bits per heavy atom. The molecule has 0 fully saturated rings.